The van der Waals surface area contributed by atoms with Crippen molar-refractivity contribution in [3.8, 4) is 0 Å². The van der Waals surface area contributed by atoms with Crippen LogP contribution in [0.5, 0.6) is 0 Å². The standard InChI is InChI=1S/C21H33N3O2/c1-21(2,3)19-16(8-18(26-19)20(22)25)12-23-9-15-6-7-17(13-23)24(11-15)10-14-4-5-14/h8,14-15,17H,4-7,9-13H2,1-3H3,(H2,22,25)/t15-,17+/m0/s1. The van der Waals surface area contributed by atoms with E-state index in [1.54, 1.807) is 0 Å². The second-order valence-corrected chi connectivity index (χ2v) is 9.77. The van der Waals surface area contributed by atoms with E-state index < -0.39 is 5.91 Å². The molecule has 3 aliphatic heterocycles. The summed E-state index contributed by atoms with van der Waals surface area (Å²) in [5.74, 6) is 2.44. The molecule has 0 radical (unpaired) electrons. The van der Waals surface area contributed by atoms with Crippen LogP contribution in [0.25, 0.3) is 0 Å². The lowest BCUT2D eigenvalue weighted by Gasteiger charge is -2.36. The monoisotopic (exact) mass is 359 g/mol. The van der Waals surface area contributed by atoms with Gasteiger partial charge in [-0.15, -0.1) is 0 Å². The molecule has 2 atom stereocenters. The highest BCUT2D eigenvalue weighted by molar-refractivity contribution is 5.90. The van der Waals surface area contributed by atoms with E-state index in [1.165, 1.54) is 38.8 Å². The second-order valence-electron chi connectivity index (χ2n) is 9.77. The van der Waals surface area contributed by atoms with Crippen LogP contribution in [-0.4, -0.2) is 47.9 Å². The molecular formula is C21H33N3O2. The van der Waals surface area contributed by atoms with Crippen LogP contribution in [0.1, 0.15) is 68.3 Å². The molecule has 1 aliphatic carbocycles. The number of carbonyl (C=O) groups is 1. The Kier molecular flexibility index (Phi) is 4.64. The third kappa shape index (κ3) is 3.84. The van der Waals surface area contributed by atoms with Gasteiger partial charge in [-0.25, -0.2) is 0 Å². The summed E-state index contributed by atoms with van der Waals surface area (Å²) < 4.78 is 5.85. The largest absolute Gasteiger partial charge is 0.455 e. The number of rotatable bonds is 5. The van der Waals surface area contributed by atoms with Crippen molar-refractivity contribution < 1.29 is 9.21 Å². The van der Waals surface area contributed by atoms with Gasteiger partial charge in [-0.3, -0.25) is 14.6 Å². The van der Waals surface area contributed by atoms with Crippen molar-refractivity contribution in [2.24, 2.45) is 17.6 Å². The van der Waals surface area contributed by atoms with Crippen molar-refractivity contribution in [1.82, 2.24) is 9.80 Å². The van der Waals surface area contributed by atoms with E-state index in [2.05, 4.69) is 30.6 Å². The molecule has 5 heteroatoms. The lowest BCUT2D eigenvalue weighted by atomic mass is 9.90. The molecule has 0 unspecified atom stereocenters. The summed E-state index contributed by atoms with van der Waals surface area (Å²) in [4.78, 5) is 17.0. The SMILES string of the molecule is CC(C)(C)c1oc(C(N)=O)cc1CN1C[C@@H]2CC[C@H](C1)N(CC1CC1)C2. The highest BCUT2D eigenvalue weighted by Gasteiger charge is 2.38. The van der Waals surface area contributed by atoms with Gasteiger partial charge in [0.15, 0.2) is 5.76 Å². The van der Waals surface area contributed by atoms with Crippen molar-refractivity contribution in [3.63, 3.8) is 0 Å². The summed E-state index contributed by atoms with van der Waals surface area (Å²) in [7, 11) is 0. The molecule has 4 fully saturated rings. The Labute approximate surface area is 156 Å². The van der Waals surface area contributed by atoms with E-state index in [0.717, 1.165) is 42.8 Å². The molecule has 2 bridgehead atoms. The average Bonchev–Trinajstić information content (AvgIpc) is 3.30. The topological polar surface area (TPSA) is 62.7 Å². The van der Waals surface area contributed by atoms with Crippen LogP contribution in [0.2, 0.25) is 0 Å². The van der Waals surface area contributed by atoms with Crippen LogP contribution in [0.4, 0.5) is 0 Å². The summed E-state index contributed by atoms with van der Waals surface area (Å²) in [5, 5.41) is 0. The Hall–Kier alpha value is -1.33. The molecule has 1 aromatic heterocycles. The molecule has 144 valence electrons. The van der Waals surface area contributed by atoms with Gasteiger partial charge in [0.25, 0.3) is 5.91 Å². The van der Waals surface area contributed by atoms with E-state index in [9.17, 15) is 4.79 Å². The number of nitrogens with zero attached hydrogens (tertiary/aromatic N) is 2. The van der Waals surface area contributed by atoms with Gasteiger partial charge < -0.3 is 10.2 Å². The van der Waals surface area contributed by atoms with E-state index in [0.29, 0.717) is 6.04 Å². The van der Waals surface area contributed by atoms with E-state index in [-0.39, 0.29) is 11.2 Å². The number of amides is 1. The first kappa shape index (κ1) is 18.1. The van der Waals surface area contributed by atoms with Gasteiger partial charge in [0, 0.05) is 49.7 Å². The number of piperidine rings is 1. The molecule has 5 rings (SSSR count). The van der Waals surface area contributed by atoms with Gasteiger partial charge in [0.2, 0.25) is 0 Å². The summed E-state index contributed by atoms with van der Waals surface area (Å²) in [5.41, 5.74) is 6.46. The quantitative estimate of drug-likeness (QED) is 0.878. The fourth-order valence-electron chi connectivity index (χ4n) is 4.80. The molecular weight excluding hydrogens is 326 g/mol. The summed E-state index contributed by atoms with van der Waals surface area (Å²) >= 11 is 0. The Balaban J connectivity index is 1.51. The predicted molar refractivity (Wildman–Crippen MR) is 102 cm³/mol. The van der Waals surface area contributed by atoms with Crippen molar-refractivity contribution in [2.75, 3.05) is 26.2 Å². The number of nitrogens with two attached hydrogens (primary N) is 1. The summed E-state index contributed by atoms with van der Waals surface area (Å²) in [6.45, 7) is 12.1. The molecule has 5 nitrogen and oxygen atoms in total. The third-order valence-electron chi connectivity index (χ3n) is 6.22. The molecule has 0 spiro atoms. The smallest absolute Gasteiger partial charge is 0.284 e. The normalized spacial score (nSPS) is 27.7. The molecule has 0 aromatic carbocycles. The number of primary amides is 1. The van der Waals surface area contributed by atoms with E-state index in [1.807, 2.05) is 6.07 Å². The fraction of sp³-hybridized carbons (Fsp3) is 0.762. The maximum atomic E-state index is 11.6. The van der Waals surface area contributed by atoms with Gasteiger partial charge in [0.05, 0.1) is 0 Å². The van der Waals surface area contributed by atoms with Crippen molar-refractivity contribution in [3.05, 3.63) is 23.2 Å². The van der Waals surface area contributed by atoms with Crippen LogP contribution < -0.4 is 5.73 Å². The minimum absolute atomic E-state index is 0.133. The highest BCUT2D eigenvalue weighted by Crippen LogP contribution is 2.36. The van der Waals surface area contributed by atoms with Crippen LogP contribution >= 0.6 is 0 Å². The average molecular weight is 360 g/mol. The maximum Gasteiger partial charge on any atom is 0.284 e. The van der Waals surface area contributed by atoms with Crippen LogP contribution in [0, 0.1) is 11.8 Å². The lowest BCUT2D eigenvalue weighted by molar-refractivity contribution is 0.0970. The number of furan rings is 1. The van der Waals surface area contributed by atoms with Crippen LogP contribution in [0.3, 0.4) is 0 Å². The van der Waals surface area contributed by atoms with Crippen molar-refractivity contribution in [2.45, 2.75) is 64.5 Å². The highest BCUT2D eigenvalue weighted by atomic mass is 16.4. The molecule has 2 N–H and O–H groups in total. The van der Waals surface area contributed by atoms with E-state index in [4.69, 9.17) is 10.2 Å². The van der Waals surface area contributed by atoms with Gasteiger partial charge in [-0.2, -0.15) is 0 Å². The van der Waals surface area contributed by atoms with Crippen LogP contribution in [0.15, 0.2) is 10.5 Å². The summed E-state index contributed by atoms with van der Waals surface area (Å²) in [6.07, 6.45) is 5.54. The maximum absolute atomic E-state index is 11.6. The van der Waals surface area contributed by atoms with Gasteiger partial charge in [-0.05, 0) is 43.6 Å². The Morgan fingerprint density at radius 1 is 1.19 bits per heavy atom. The van der Waals surface area contributed by atoms with Crippen molar-refractivity contribution in [1.29, 1.82) is 0 Å². The van der Waals surface area contributed by atoms with Crippen molar-refractivity contribution >= 4 is 5.91 Å². The first-order valence-electron chi connectivity index (χ1n) is 10.2. The number of carbonyl (C=O) groups excluding carboxylic acids is 1. The Morgan fingerprint density at radius 3 is 2.62 bits per heavy atom. The Morgan fingerprint density at radius 2 is 1.96 bits per heavy atom. The first-order chi connectivity index (χ1) is 12.3. The number of hydrogen-bond donors (Lipinski definition) is 1. The van der Waals surface area contributed by atoms with E-state index >= 15 is 0 Å². The predicted octanol–water partition coefficient (Wildman–Crippen LogP) is 2.98. The second kappa shape index (κ2) is 6.68. The minimum Gasteiger partial charge on any atom is -0.455 e. The van der Waals surface area contributed by atoms with Gasteiger partial charge in [0.1, 0.15) is 5.76 Å². The molecule has 1 amide bonds. The number of fused-ring (bicyclic) bond motifs is 4. The molecule has 3 saturated heterocycles. The number of hydrogen-bond acceptors (Lipinski definition) is 4. The molecule has 4 heterocycles. The zero-order valence-electron chi connectivity index (χ0n) is 16.5. The molecule has 4 aliphatic rings. The summed E-state index contributed by atoms with van der Waals surface area (Å²) in [6, 6.07) is 2.56. The Bertz CT molecular complexity index is 671. The molecule has 1 aromatic rings. The van der Waals surface area contributed by atoms with Gasteiger partial charge in [-0.1, -0.05) is 20.8 Å². The lowest BCUT2D eigenvalue weighted by Crippen LogP contribution is -2.44. The minimum atomic E-state index is -0.478. The zero-order valence-corrected chi connectivity index (χ0v) is 16.5. The molecule has 26 heavy (non-hydrogen) atoms. The molecule has 1 saturated carbocycles. The first-order valence-corrected chi connectivity index (χ1v) is 10.2. The van der Waals surface area contributed by atoms with Crippen LogP contribution in [-0.2, 0) is 12.0 Å². The zero-order chi connectivity index (χ0) is 18.5. The fourth-order valence-corrected chi connectivity index (χ4v) is 4.80. The van der Waals surface area contributed by atoms with Gasteiger partial charge >= 0.3 is 0 Å². The third-order valence-corrected chi connectivity index (χ3v) is 6.22.